The highest BCUT2D eigenvalue weighted by molar-refractivity contribution is 7.99. The van der Waals surface area contributed by atoms with E-state index in [0.29, 0.717) is 17.5 Å². The van der Waals surface area contributed by atoms with Gasteiger partial charge in [-0.1, -0.05) is 44.7 Å². The van der Waals surface area contributed by atoms with Crippen LogP contribution in [0.5, 0.6) is 0 Å². The third-order valence-electron chi connectivity index (χ3n) is 4.33. The molecule has 0 bridgehead atoms. The van der Waals surface area contributed by atoms with E-state index in [9.17, 15) is 13.2 Å². The van der Waals surface area contributed by atoms with Gasteiger partial charge in [-0.25, -0.2) is 8.42 Å². The summed E-state index contributed by atoms with van der Waals surface area (Å²) in [6, 6.07) is 7.65. The molecule has 1 aliphatic heterocycles. The largest absolute Gasteiger partial charge is 0.411 e. The van der Waals surface area contributed by atoms with Crippen LogP contribution in [-0.4, -0.2) is 47.8 Å². The fraction of sp³-hybridized carbons (Fsp3) is 0.500. The fourth-order valence-electron chi connectivity index (χ4n) is 2.80. The van der Waals surface area contributed by atoms with Crippen molar-refractivity contribution in [1.82, 2.24) is 15.5 Å². The zero-order valence-corrected chi connectivity index (χ0v) is 17.2. The van der Waals surface area contributed by atoms with Gasteiger partial charge in [0.15, 0.2) is 9.84 Å². The number of nitrogens with one attached hydrogen (secondary N) is 1. The second-order valence-corrected chi connectivity index (χ2v) is 10.8. The maximum atomic E-state index is 12.0. The van der Waals surface area contributed by atoms with Crippen LogP contribution in [-0.2, 0) is 20.0 Å². The molecule has 1 atom stereocenters. The maximum Gasteiger partial charge on any atom is 0.277 e. The first-order chi connectivity index (χ1) is 12.6. The average molecular weight is 410 g/mol. The van der Waals surface area contributed by atoms with Gasteiger partial charge >= 0.3 is 0 Å². The topological polar surface area (TPSA) is 102 Å². The van der Waals surface area contributed by atoms with Gasteiger partial charge in [0.05, 0.1) is 17.3 Å². The van der Waals surface area contributed by atoms with E-state index < -0.39 is 9.84 Å². The lowest BCUT2D eigenvalue weighted by atomic mass is 9.87. The minimum absolute atomic E-state index is 0.0126. The average Bonchev–Trinajstić information content (AvgIpc) is 3.19. The Morgan fingerprint density at radius 1 is 1.26 bits per heavy atom. The Morgan fingerprint density at radius 2 is 1.96 bits per heavy atom. The van der Waals surface area contributed by atoms with Crippen LogP contribution in [0, 0.1) is 0 Å². The molecule has 2 aromatic rings. The lowest BCUT2D eigenvalue weighted by Crippen LogP contribution is -2.36. The van der Waals surface area contributed by atoms with Gasteiger partial charge in [0.25, 0.3) is 5.22 Å². The number of carbonyl (C=O) groups is 1. The Morgan fingerprint density at radius 3 is 2.56 bits per heavy atom. The van der Waals surface area contributed by atoms with Crippen molar-refractivity contribution >= 4 is 27.5 Å². The summed E-state index contributed by atoms with van der Waals surface area (Å²) in [4.78, 5) is 12.0. The number of hydrogen-bond acceptors (Lipinski definition) is 7. The van der Waals surface area contributed by atoms with Crippen molar-refractivity contribution in [2.24, 2.45) is 0 Å². The molecule has 1 N–H and O–H groups in total. The first kappa shape index (κ1) is 19.9. The van der Waals surface area contributed by atoms with Crippen molar-refractivity contribution in [3.8, 4) is 11.5 Å². The third kappa shape index (κ3) is 5.32. The summed E-state index contributed by atoms with van der Waals surface area (Å²) in [5.41, 5.74) is 2.11. The predicted molar refractivity (Wildman–Crippen MR) is 104 cm³/mol. The van der Waals surface area contributed by atoms with Gasteiger partial charge < -0.3 is 9.73 Å². The zero-order chi connectivity index (χ0) is 19.7. The Kier molecular flexibility index (Phi) is 5.62. The molecule has 3 rings (SSSR count). The predicted octanol–water partition coefficient (Wildman–Crippen LogP) is 2.43. The van der Waals surface area contributed by atoms with E-state index in [-0.39, 0.29) is 34.6 Å². The number of hydrogen-bond donors (Lipinski definition) is 1. The Labute approximate surface area is 163 Å². The number of carbonyl (C=O) groups excluding carboxylic acids is 1. The molecule has 0 aliphatic carbocycles. The number of nitrogens with zero attached hydrogens (tertiary/aromatic N) is 2. The van der Waals surface area contributed by atoms with Gasteiger partial charge in [0.1, 0.15) is 0 Å². The summed E-state index contributed by atoms with van der Waals surface area (Å²) >= 11 is 1.13. The number of thioether (sulfide) groups is 1. The molecule has 2 heterocycles. The molecular weight excluding hydrogens is 386 g/mol. The molecule has 1 amide bonds. The molecule has 1 fully saturated rings. The quantitative estimate of drug-likeness (QED) is 0.757. The summed E-state index contributed by atoms with van der Waals surface area (Å²) in [5.74, 6) is 0.406. The van der Waals surface area contributed by atoms with E-state index in [1.165, 1.54) is 5.56 Å². The van der Waals surface area contributed by atoms with Gasteiger partial charge in [0, 0.05) is 11.6 Å². The number of sulfone groups is 1. The molecule has 7 nitrogen and oxygen atoms in total. The molecule has 1 saturated heterocycles. The number of rotatable bonds is 5. The van der Waals surface area contributed by atoms with Crippen molar-refractivity contribution in [1.29, 1.82) is 0 Å². The highest BCUT2D eigenvalue weighted by Gasteiger charge is 2.28. The van der Waals surface area contributed by atoms with E-state index in [4.69, 9.17) is 4.42 Å². The molecule has 0 radical (unpaired) electrons. The zero-order valence-electron chi connectivity index (χ0n) is 15.6. The molecule has 1 aromatic heterocycles. The van der Waals surface area contributed by atoms with Crippen LogP contribution >= 0.6 is 11.8 Å². The molecular formula is C18H23N3O4S2. The molecule has 27 heavy (non-hydrogen) atoms. The van der Waals surface area contributed by atoms with E-state index in [0.717, 1.165) is 17.3 Å². The van der Waals surface area contributed by atoms with Crippen molar-refractivity contribution in [2.75, 3.05) is 17.3 Å². The van der Waals surface area contributed by atoms with E-state index >= 15 is 0 Å². The van der Waals surface area contributed by atoms with Crippen molar-refractivity contribution < 1.29 is 17.6 Å². The van der Waals surface area contributed by atoms with Crippen LogP contribution in [0.15, 0.2) is 33.9 Å². The summed E-state index contributed by atoms with van der Waals surface area (Å²) in [7, 11) is -3.01. The lowest BCUT2D eigenvalue weighted by Gasteiger charge is -2.18. The van der Waals surface area contributed by atoms with Gasteiger partial charge in [-0.15, -0.1) is 10.2 Å². The fourth-order valence-corrected chi connectivity index (χ4v) is 5.05. The Hall–Kier alpha value is -1.87. The van der Waals surface area contributed by atoms with Crippen molar-refractivity contribution in [3.63, 3.8) is 0 Å². The van der Waals surface area contributed by atoms with Crippen LogP contribution in [0.3, 0.4) is 0 Å². The standard InChI is InChI=1S/C18H23N3O4S2/c1-18(2,3)13-6-4-12(5-7-13)16-20-21-17(25-16)26-10-15(22)19-14-8-9-27(23,24)11-14/h4-7,14H,8-11H2,1-3H3,(H,19,22)/t14-/m0/s1. The third-order valence-corrected chi connectivity index (χ3v) is 6.92. The lowest BCUT2D eigenvalue weighted by molar-refractivity contribution is -0.119. The molecule has 1 aromatic carbocycles. The molecule has 9 heteroatoms. The highest BCUT2D eigenvalue weighted by atomic mass is 32.2. The van der Waals surface area contributed by atoms with Crippen molar-refractivity contribution in [2.45, 2.75) is 43.9 Å². The summed E-state index contributed by atoms with van der Waals surface area (Å²) in [6.07, 6.45) is 0.466. The summed E-state index contributed by atoms with van der Waals surface area (Å²) in [6.45, 7) is 6.44. The van der Waals surface area contributed by atoms with Crippen LogP contribution in [0.1, 0.15) is 32.8 Å². The monoisotopic (exact) mass is 409 g/mol. The van der Waals surface area contributed by atoms with Crippen LogP contribution in [0.4, 0.5) is 0 Å². The second kappa shape index (κ2) is 7.63. The number of amides is 1. The van der Waals surface area contributed by atoms with Crippen molar-refractivity contribution in [3.05, 3.63) is 29.8 Å². The first-order valence-electron chi connectivity index (χ1n) is 8.69. The molecule has 1 aliphatic rings. The van der Waals surface area contributed by atoms with Crippen LogP contribution in [0.25, 0.3) is 11.5 Å². The molecule has 0 unspecified atom stereocenters. The van der Waals surface area contributed by atoms with E-state index in [1.54, 1.807) is 0 Å². The summed E-state index contributed by atoms with van der Waals surface area (Å²) < 4.78 is 28.5. The molecule has 0 saturated carbocycles. The van der Waals surface area contributed by atoms with E-state index in [2.05, 4.69) is 36.3 Å². The van der Waals surface area contributed by atoms with Gasteiger partial charge in [-0.2, -0.15) is 0 Å². The Balaban J connectivity index is 1.54. The smallest absolute Gasteiger partial charge is 0.277 e. The molecule has 146 valence electrons. The van der Waals surface area contributed by atoms with Gasteiger partial charge in [-0.3, -0.25) is 4.79 Å². The first-order valence-corrected chi connectivity index (χ1v) is 11.5. The van der Waals surface area contributed by atoms with Gasteiger partial charge in [-0.05, 0) is 29.5 Å². The second-order valence-electron chi connectivity index (χ2n) is 7.66. The minimum atomic E-state index is -3.01. The Bertz CT molecular complexity index is 915. The van der Waals surface area contributed by atoms with Gasteiger partial charge in [0.2, 0.25) is 11.8 Å². The van der Waals surface area contributed by atoms with Crippen LogP contribution in [0.2, 0.25) is 0 Å². The number of benzene rings is 1. The maximum absolute atomic E-state index is 12.0. The number of aromatic nitrogens is 2. The summed E-state index contributed by atoms with van der Waals surface area (Å²) in [5, 5.41) is 11.0. The van der Waals surface area contributed by atoms with Crippen LogP contribution < -0.4 is 5.32 Å². The minimum Gasteiger partial charge on any atom is -0.411 e. The normalized spacial score (nSPS) is 19.1. The highest BCUT2D eigenvalue weighted by Crippen LogP contribution is 2.27. The molecule has 0 spiro atoms. The van der Waals surface area contributed by atoms with E-state index in [1.807, 2.05) is 24.3 Å². The SMILES string of the molecule is CC(C)(C)c1ccc(-c2nnc(SCC(=O)N[C@H]3CCS(=O)(=O)C3)o2)cc1.